The van der Waals surface area contributed by atoms with Crippen molar-refractivity contribution in [1.29, 1.82) is 0 Å². The van der Waals surface area contributed by atoms with Crippen LogP contribution >= 0.6 is 0 Å². The number of carbonyl (C=O) groups is 5. The summed E-state index contributed by atoms with van der Waals surface area (Å²) in [4.78, 5) is 62.9. The summed E-state index contributed by atoms with van der Waals surface area (Å²) in [6.45, 7) is 11.1. The second-order valence-electron chi connectivity index (χ2n) is 11.6. The fourth-order valence-electron chi connectivity index (χ4n) is 3.39. The molecule has 0 aliphatic heterocycles. The van der Waals surface area contributed by atoms with Crippen molar-refractivity contribution in [3.63, 3.8) is 0 Å². The molecule has 0 unspecified atom stereocenters. The van der Waals surface area contributed by atoms with Gasteiger partial charge in [-0.1, -0.05) is 30.3 Å². The molecule has 3 N–H and O–H groups in total. The van der Waals surface area contributed by atoms with E-state index in [2.05, 4.69) is 16.0 Å². The molecule has 0 fully saturated rings. The van der Waals surface area contributed by atoms with Crippen LogP contribution in [0.4, 0.5) is 9.59 Å². The molecule has 0 aliphatic carbocycles. The first-order valence-electron chi connectivity index (χ1n) is 13.7. The highest BCUT2D eigenvalue weighted by molar-refractivity contribution is 5.96. The van der Waals surface area contributed by atoms with Gasteiger partial charge in [-0.05, 0) is 66.4 Å². The third kappa shape index (κ3) is 17.5. The van der Waals surface area contributed by atoms with Gasteiger partial charge >= 0.3 is 18.2 Å². The standard InChI is InChI=1S/C29H46N4O8/c1-28(2,3)40-24(35)19-23(34)32-22(15-11-12-16-31-26(37)41-29(4,5)6)25(36)30-17-18-33(7)27(38)39-20-21-13-9-8-10-14-21/h8-10,13-14,22H,11-12,15-20H2,1-7H3,(H,30,36)(H,31,37)(H,32,34)/t22-/m0/s1. The maximum atomic E-state index is 12.9. The lowest BCUT2D eigenvalue weighted by atomic mass is 10.1. The molecule has 1 atom stereocenters. The third-order valence-electron chi connectivity index (χ3n) is 5.23. The fraction of sp³-hybridized carbons (Fsp3) is 0.621. The van der Waals surface area contributed by atoms with Crippen molar-refractivity contribution < 1.29 is 38.2 Å². The number of unbranched alkanes of at least 4 members (excludes halogenated alkanes) is 1. The van der Waals surface area contributed by atoms with Crippen LogP contribution < -0.4 is 16.0 Å². The summed E-state index contributed by atoms with van der Waals surface area (Å²) in [6.07, 6.45) is -0.326. The topological polar surface area (TPSA) is 152 Å². The summed E-state index contributed by atoms with van der Waals surface area (Å²) in [5.74, 6) is -1.81. The predicted octanol–water partition coefficient (Wildman–Crippen LogP) is 3.28. The lowest BCUT2D eigenvalue weighted by Crippen LogP contribution is -2.49. The molecule has 1 rings (SSSR count). The first-order chi connectivity index (χ1) is 19.1. The van der Waals surface area contributed by atoms with Crippen molar-refractivity contribution in [2.45, 2.75) is 91.1 Å². The normalized spacial score (nSPS) is 12.0. The van der Waals surface area contributed by atoms with E-state index >= 15 is 0 Å². The van der Waals surface area contributed by atoms with Crippen LogP contribution in [0.25, 0.3) is 0 Å². The van der Waals surface area contributed by atoms with E-state index in [9.17, 15) is 24.0 Å². The summed E-state index contributed by atoms with van der Waals surface area (Å²) in [6, 6.07) is 8.33. The van der Waals surface area contributed by atoms with Gasteiger partial charge in [-0.25, -0.2) is 9.59 Å². The third-order valence-corrected chi connectivity index (χ3v) is 5.23. The van der Waals surface area contributed by atoms with E-state index < -0.39 is 53.6 Å². The molecule has 0 radical (unpaired) electrons. The number of amides is 4. The molecule has 4 amide bonds. The van der Waals surface area contributed by atoms with Crippen LogP contribution in [0, 0.1) is 0 Å². The molecule has 0 spiro atoms. The Labute approximate surface area is 242 Å². The second-order valence-corrected chi connectivity index (χ2v) is 11.6. The number of ether oxygens (including phenoxy) is 3. The zero-order chi connectivity index (χ0) is 31.1. The molecule has 230 valence electrons. The van der Waals surface area contributed by atoms with Gasteiger partial charge in [0.25, 0.3) is 0 Å². The van der Waals surface area contributed by atoms with Gasteiger partial charge in [0.1, 0.15) is 30.3 Å². The van der Waals surface area contributed by atoms with E-state index in [0.29, 0.717) is 19.4 Å². The van der Waals surface area contributed by atoms with Crippen LogP contribution in [-0.2, 0) is 35.2 Å². The monoisotopic (exact) mass is 578 g/mol. The average molecular weight is 579 g/mol. The molecule has 0 heterocycles. The van der Waals surface area contributed by atoms with E-state index in [1.807, 2.05) is 30.3 Å². The van der Waals surface area contributed by atoms with Gasteiger partial charge in [0, 0.05) is 26.7 Å². The van der Waals surface area contributed by atoms with Gasteiger partial charge in [-0.3, -0.25) is 14.4 Å². The molecule has 12 nitrogen and oxygen atoms in total. The predicted molar refractivity (Wildman–Crippen MR) is 153 cm³/mol. The summed E-state index contributed by atoms with van der Waals surface area (Å²) < 4.78 is 15.6. The molecule has 0 bridgehead atoms. The molecule has 1 aromatic rings. The minimum Gasteiger partial charge on any atom is -0.460 e. The first kappa shape index (κ1) is 35.2. The van der Waals surface area contributed by atoms with E-state index in [1.54, 1.807) is 48.6 Å². The summed E-state index contributed by atoms with van der Waals surface area (Å²) in [7, 11) is 1.55. The van der Waals surface area contributed by atoms with Crippen molar-refractivity contribution in [3.05, 3.63) is 35.9 Å². The number of hydrogen-bond donors (Lipinski definition) is 3. The molecule has 0 saturated heterocycles. The van der Waals surface area contributed by atoms with Gasteiger partial charge in [0.15, 0.2) is 0 Å². The van der Waals surface area contributed by atoms with Gasteiger partial charge in [-0.15, -0.1) is 0 Å². The maximum Gasteiger partial charge on any atom is 0.409 e. The quantitative estimate of drug-likeness (QED) is 0.132. The SMILES string of the molecule is CN(CCNC(=O)[C@H](CCCCNC(=O)OC(C)(C)C)NC(=O)CC(=O)OC(C)(C)C)C(=O)OCc1ccccc1. The number of likely N-dealkylation sites (N-methyl/N-ethyl adjacent to an activating group) is 1. The Morgan fingerprint density at radius 3 is 2.10 bits per heavy atom. The zero-order valence-corrected chi connectivity index (χ0v) is 25.3. The number of alkyl carbamates (subject to hydrolysis) is 1. The van der Waals surface area contributed by atoms with E-state index in [0.717, 1.165) is 5.56 Å². The molecular weight excluding hydrogens is 532 g/mol. The Kier molecular flexibility index (Phi) is 14.7. The summed E-state index contributed by atoms with van der Waals surface area (Å²) in [5, 5.41) is 7.96. The van der Waals surface area contributed by atoms with Crippen molar-refractivity contribution in [1.82, 2.24) is 20.9 Å². The number of rotatable bonds is 14. The van der Waals surface area contributed by atoms with Crippen molar-refractivity contribution in [3.8, 4) is 0 Å². The number of benzene rings is 1. The average Bonchev–Trinajstić information content (AvgIpc) is 2.84. The van der Waals surface area contributed by atoms with Gasteiger partial charge < -0.3 is 35.1 Å². The van der Waals surface area contributed by atoms with E-state index in [1.165, 1.54) is 4.90 Å². The fourth-order valence-corrected chi connectivity index (χ4v) is 3.39. The highest BCUT2D eigenvalue weighted by Gasteiger charge is 2.24. The number of carbonyl (C=O) groups excluding carboxylic acids is 5. The number of hydrogen-bond acceptors (Lipinski definition) is 8. The molecule has 0 aromatic heterocycles. The molecule has 0 saturated carbocycles. The smallest absolute Gasteiger partial charge is 0.409 e. The van der Waals surface area contributed by atoms with E-state index in [4.69, 9.17) is 14.2 Å². The van der Waals surface area contributed by atoms with Crippen LogP contribution in [0.3, 0.4) is 0 Å². The van der Waals surface area contributed by atoms with Crippen LogP contribution in [0.5, 0.6) is 0 Å². The Balaban J connectivity index is 2.59. The lowest BCUT2D eigenvalue weighted by molar-refractivity contribution is -0.156. The van der Waals surface area contributed by atoms with Crippen LogP contribution in [-0.4, -0.2) is 78.8 Å². The second kappa shape index (κ2) is 17.1. The largest absolute Gasteiger partial charge is 0.460 e. The van der Waals surface area contributed by atoms with Crippen LogP contribution in [0.2, 0.25) is 0 Å². The van der Waals surface area contributed by atoms with Crippen molar-refractivity contribution in [2.75, 3.05) is 26.7 Å². The highest BCUT2D eigenvalue weighted by atomic mass is 16.6. The minimum absolute atomic E-state index is 0.119. The maximum absolute atomic E-state index is 12.9. The van der Waals surface area contributed by atoms with Crippen LogP contribution in [0.15, 0.2) is 30.3 Å². The molecule has 12 heteroatoms. The summed E-state index contributed by atoms with van der Waals surface area (Å²) >= 11 is 0. The Morgan fingerprint density at radius 2 is 1.49 bits per heavy atom. The Hall–Kier alpha value is -3.83. The highest BCUT2D eigenvalue weighted by Crippen LogP contribution is 2.09. The first-order valence-corrected chi connectivity index (χ1v) is 13.7. The van der Waals surface area contributed by atoms with Gasteiger partial charge in [0.05, 0.1) is 0 Å². The number of nitrogens with one attached hydrogen (secondary N) is 3. The van der Waals surface area contributed by atoms with Crippen molar-refractivity contribution in [2.24, 2.45) is 0 Å². The van der Waals surface area contributed by atoms with Gasteiger partial charge in [0.2, 0.25) is 11.8 Å². The number of esters is 1. The van der Waals surface area contributed by atoms with Gasteiger partial charge in [-0.2, -0.15) is 0 Å². The zero-order valence-electron chi connectivity index (χ0n) is 25.3. The van der Waals surface area contributed by atoms with Crippen molar-refractivity contribution >= 4 is 30.0 Å². The molecule has 1 aromatic carbocycles. The van der Waals surface area contributed by atoms with E-state index in [-0.39, 0.29) is 26.1 Å². The minimum atomic E-state index is -0.929. The lowest BCUT2D eigenvalue weighted by Gasteiger charge is -2.22. The Morgan fingerprint density at radius 1 is 0.854 bits per heavy atom. The Bertz CT molecular complexity index is 1000. The van der Waals surface area contributed by atoms with Crippen LogP contribution in [0.1, 0.15) is 72.8 Å². The number of nitrogens with zero attached hydrogens (tertiary/aromatic N) is 1. The summed E-state index contributed by atoms with van der Waals surface area (Å²) in [5.41, 5.74) is -0.504. The molecule has 41 heavy (non-hydrogen) atoms. The molecule has 0 aliphatic rings. The molecular formula is C29H46N4O8.